The first-order chi connectivity index (χ1) is 7.33. The molecule has 1 unspecified atom stereocenters. The van der Waals surface area contributed by atoms with Crippen molar-refractivity contribution in [3.05, 3.63) is 33.3 Å². The minimum atomic E-state index is -1.76. The second-order valence-electron chi connectivity index (χ2n) is 4.41. The number of hydrogen-bond acceptors (Lipinski definition) is 2. The van der Waals surface area contributed by atoms with Crippen LogP contribution in [-0.2, 0) is 4.43 Å². The first kappa shape index (κ1) is 13.7. The van der Waals surface area contributed by atoms with Crippen molar-refractivity contribution in [1.82, 2.24) is 0 Å². The Balaban J connectivity index is 3.05. The van der Waals surface area contributed by atoms with Gasteiger partial charge in [0.15, 0.2) is 14.4 Å². The summed E-state index contributed by atoms with van der Waals surface area (Å²) in [6, 6.07) is 7.58. The second-order valence-corrected chi connectivity index (χ2v) is 10.2. The van der Waals surface area contributed by atoms with Gasteiger partial charge in [-0.25, -0.2) is 0 Å². The summed E-state index contributed by atoms with van der Waals surface area (Å²) in [5, 5.41) is 9.69. The van der Waals surface area contributed by atoms with Crippen molar-refractivity contribution in [2.24, 2.45) is 0 Å². The van der Waals surface area contributed by atoms with Crippen LogP contribution in [0.15, 0.2) is 22.7 Å². The molecule has 0 amide bonds. The molecule has 0 heterocycles. The molecule has 0 spiro atoms. The van der Waals surface area contributed by atoms with E-state index in [4.69, 9.17) is 21.3 Å². The van der Waals surface area contributed by atoms with Gasteiger partial charge in [-0.3, -0.25) is 0 Å². The Morgan fingerprint density at radius 3 is 2.56 bits per heavy atom. The Kier molecular flexibility index (Phi) is 4.57. The highest BCUT2D eigenvalue weighted by molar-refractivity contribution is 9.10. The summed E-state index contributed by atoms with van der Waals surface area (Å²) in [5.74, 6) is 0. The predicted octanol–water partition coefficient (Wildman–Crippen LogP) is 4.52. The maximum atomic E-state index is 9.13. The summed E-state index contributed by atoms with van der Waals surface area (Å²) in [7, 11) is -1.76. The SMILES string of the molecule is C[Si](C)(C)OC(C#N)c1cc(Br)ccc1Cl. The standard InChI is InChI=1S/C11H13BrClNOSi/c1-16(2,3)15-11(7-14)9-6-8(12)4-5-10(9)13/h4-6,11H,1-3H3. The van der Waals surface area contributed by atoms with Gasteiger partial charge in [-0.05, 0) is 37.8 Å². The van der Waals surface area contributed by atoms with Crippen LogP contribution < -0.4 is 0 Å². The Hall–Kier alpha value is -0.343. The van der Waals surface area contributed by atoms with Crippen LogP contribution in [0.25, 0.3) is 0 Å². The van der Waals surface area contributed by atoms with E-state index in [2.05, 4.69) is 22.0 Å². The third-order valence-corrected chi connectivity index (χ3v) is 3.61. The number of benzene rings is 1. The molecule has 1 aromatic carbocycles. The number of halogens is 2. The highest BCUT2D eigenvalue weighted by Crippen LogP contribution is 2.30. The van der Waals surface area contributed by atoms with Crippen LogP contribution in [0.3, 0.4) is 0 Å². The average Bonchev–Trinajstić information content (AvgIpc) is 2.17. The Labute approximate surface area is 110 Å². The number of hydrogen-bond donors (Lipinski definition) is 0. The van der Waals surface area contributed by atoms with Crippen molar-refractivity contribution in [2.45, 2.75) is 25.7 Å². The predicted molar refractivity (Wildman–Crippen MR) is 71.9 cm³/mol. The second kappa shape index (κ2) is 5.33. The van der Waals surface area contributed by atoms with Crippen LogP contribution >= 0.6 is 27.5 Å². The zero-order valence-electron chi connectivity index (χ0n) is 9.42. The van der Waals surface area contributed by atoms with E-state index in [0.29, 0.717) is 5.02 Å². The fourth-order valence-electron chi connectivity index (χ4n) is 1.23. The van der Waals surface area contributed by atoms with Crippen LogP contribution in [0.2, 0.25) is 24.7 Å². The lowest BCUT2D eigenvalue weighted by Gasteiger charge is -2.22. The van der Waals surface area contributed by atoms with Gasteiger partial charge in [0.1, 0.15) is 0 Å². The first-order valence-corrected chi connectivity index (χ1v) is 9.44. The molecule has 0 fully saturated rings. The number of nitriles is 1. The van der Waals surface area contributed by atoms with Gasteiger partial charge >= 0.3 is 0 Å². The maximum absolute atomic E-state index is 9.13. The molecular formula is C11H13BrClNOSi. The average molecular weight is 319 g/mol. The Morgan fingerprint density at radius 2 is 2.06 bits per heavy atom. The van der Waals surface area contributed by atoms with Crippen molar-refractivity contribution in [3.63, 3.8) is 0 Å². The number of rotatable bonds is 3. The van der Waals surface area contributed by atoms with Gasteiger partial charge < -0.3 is 4.43 Å². The zero-order chi connectivity index (χ0) is 12.3. The minimum Gasteiger partial charge on any atom is -0.399 e. The summed E-state index contributed by atoms with van der Waals surface area (Å²) in [5.41, 5.74) is 0.723. The minimum absolute atomic E-state index is 0.563. The summed E-state index contributed by atoms with van der Waals surface area (Å²) >= 11 is 9.42. The van der Waals surface area contributed by atoms with E-state index in [9.17, 15) is 0 Å². The molecule has 0 aliphatic carbocycles. The summed E-state index contributed by atoms with van der Waals surface area (Å²) in [6.07, 6.45) is -0.586. The molecule has 0 N–H and O–H groups in total. The maximum Gasteiger partial charge on any atom is 0.186 e. The van der Waals surface area contributed by atoms with E-state index in [1.165, 1.54) is 0 Å². The molecule has 86 valence electrons. The van der Waals surface area contributed by atoms with E-state index in [-0.39, 0.29) is 0 Å². The Bertz CT molecular complexity index is 425. The van der Waals surface area contributed by atoms with E-state index in [1.54, 1.807) is 6.07 Å². The van der Waals surface area contributed by atoms with Gasteiger partial charge in [0.25, 0.3) is 0 Å². The van der Waals surface area contributed by atoms with Gasteiger partial charge in [0, 0.05) is 15.1 Å². The molecule has 0 aliphatic rings. The normalized spacial score (nSPS) is 13.2. The van der Waals surface area contributed by atoms with E-state index >= 15 is 0 Å². The molecule has 1 aromatic rings. The van der Waals surface area contributed by atoms with Crippen LogP contribution in [0.5, 0.6) is 0 Å². The van der Waals surface area contributed by atoms with Crippen LogP contribution in [0.1, 0.15) is 11.7 Å². The van der Waals surface area contributed by atoms with E-state index < -0.39 is 14.4 Å². The fourth-order valence-corrected chi connectivity index (χ4v) is 2.71. The molecule has 5 heteroatoms. The van der Waals surface area contributed by atoms with Gasteiger partial charge in [0.05, 0.1) is 6.07 Å². The molecule has 16 heavy (non-hydrogen) atoms. The molecule has 1 atom stereocenters. The van der Waals surface area contributed by atoms with Crippen LogP contribution in [0.4, 0.5) is 0 Å². The monoisotopic (exact) mass is 317 g/mol. The fraction of sp³-hybridized carbons (Fsp3) is 0.364. The van der Waals surface area contributed by atoms with E-state index in [1.807, 2.05) is 31.8 Å². The molecule has 0 bridgehead atoms. The molecule has 0 saturated carbocycles. The largest absolute Gasteiger partial charge is 0.399 e. The van der Waals surface area contributed by atoms with Gasteiger partial charge in [-0.2, -0.15) is 5.26 Å². The van der Waals surface area contributed by atoms with Gasteiger partial charge in [0.2, 0.25) is 0 Å². The first-order valence-electron chi connectivity index (χ1n) is 4.86. The Morgan fingerprint density at radius 1 is 1.44 bits per heavy atom. The molecule has 0 aliphatic heterocycles. The lowest BCUT2D eigenvalue weighted by Crippen LogP contribution is -2.27. The zero-order valence-corrected chi connectivity index (χ0v) is 12.8. The smallest absolute Gasteiger partial charge is 0.186 e. The molecule has 1 rings (SSSR count). The summed E-state index contributed by atoms with van der Waals surface area (Å²) in [4.78, 5) is 0. The van der Waals surface area contributed by atoms with Crippen molar-refractivity contribution < 1.29 is 4.43 Å². The molecular weight excluding hydrogens is 306 g/mol. The molecule has 0 saturated heterocycles. The van der Waals surface area contributed by atoms with Crippen molar-refractivity contribution in [1.29, 1.82) is 5.26 Å². The quantitative estimate of drug-likeness (QED) is 0.768. The van der Waals surface area contributed by atoms with Crippen molar-refractivity contribution in [2.75, 3.05) is 0 Å². The molecule has 0 aromatic heterocycles. The lowest BCUT2D eigenvalue weighted by atomic mass is 10.1. The van der Waals surface area contributed by atoms with Gasteiger partial charge in [-0.1, -0.05) is 27.5 Å². The number of nitrogens with zero attached hydrogens (tertiary/aromatic N) is 1. The summed E-state index contributed by atoms with van der Waals surface area (Å²) in [6.45, 7) is 6.13. The lowest BCUT2D eigenvalue weighted by molar-refractivity contribution is 0.255. The highest BCUT2D eigenvalue weighted by Gasteiger charge is 2.23. The third kappa shape index (κ3) is 3.91. The highest BCUT2D eigenvalue weighted by atomic mass is 79.9. The van der Waals surface area contributed by atoms with Crippen LogP contribution in [-0.4, -0.2) is 8.32 Å². The third-order valence-electron chi connectivity index (χ3n) is 1.83. The van der Waals surface area contributed by atoms with E-state index in [0.717, 1.165) is 10.0 Å². The summed E-state index contributed by atoms with van der Waals surface area (Å²) < 4.78 is 6.68. The van der Waals surface area contributed by atoms with Crippen LogP contribution in [0, 0.1) is 11.3 Å². The van der Waals surface area contributed by atoms with Crippen molar-refractivity contribution >= 4 is 35.8 Å². The molecule has 2 nitrogen and oxygen atoms in total. The van der Waals surface area contributed by atoms with Gasteiger partial charge in [-0.15, -0.1) is 0 Å². The topological polar surface area (TPSA) is 33.0 Å². The molecule has 0 radical (unpaired) electrons. The van der Waals surface area contributed by atoms with Crippen molar-refractivity contribution in [3.8, 4) is 6.07 Å².